The molecule has 1 aromatic heterocycles. The van der Waals surface area contributed by atoms with Gasteiger partial charge in [0.2, 0.25) is 5.91 Å². The average molecular weight is 315 g/mol. The molecule has 1 fully saturated rings. The maximum absolute atomic E-state index is 12.2. The van der Waals surface area contributed by atoms with E-state index in [2.05, 4.69) is 5.32 Å². The van der Waals surface area contributed by atoms with Crippen molar-refractivity contribution < 1.29 is 4.79 Å². The van der Waals surface area contributed by atoms with Crippen molar-refractivity contribution in [2.24, 2.45) is 5.92 Å². The smallest absolute Gasteiger partial charge is 0.222 e. The van der Waals surface area contributed by atoms with Gasteiger partial charge in [-0.15, -0.1) is 11.3 Å². The molecule has 0 spiro atoms. The van der Waals surface area contributed by atoms with Gasteiger partial charge in [0, 0.05) is 29.8 Å². The summed E-state index contributed by atoms with van der Waals surface area (Å²) in [5.41, 5.74) is 0. The summed E-state index contributed by atoms with van der Waals surface area (Å²) in [4.78, 5) is 15.4. The van der Waals surface area contributed by atoms with Gasteiger partial charge in [0.1, 0.15) is 0 Å². The molecule has 1 saturated heterocycles. The number of nitrogens with one attached hydrogen (secondary N) is 1. The Bertz CT molecular complexity index is 427. The molecule has 2 heterocycles. The van der Waals surface area contributed by atoms with Crippen molar-refractivity contribution in [3.05, 3.63) is 21.3 Å². The van der Waals surface area contributed by atoms with Gasteiger partial charge in [-0.3, -0.25) is 4.79 Å². The Morgan fingerprint density at radius 1 is 1.50 bits per heavy atom. The molecule has 112 valence electrons. The third-order valence-electron chi connectivity index (χ3n) is 3.98. The maximum atomic E-state index is 12.2. The molecule has 20 heavy (non-hydrogen) atoms. The number of hydrogen-bond donors (Lipinski definition) is 1. The normalized spacial score (nSPS) is 16.6. The molecular formula is C15H23ClN2OS. The molecule has 3 nitrogen and oxygen atoms in total. The van der Waals surface area contributed by atoms with Crippen molar-refractivity contribution in [3.8, 4) is 0 Å². The number of nitrogens with zero attached hydrogens (tertiary/aromatic N) is 1. The van der Waals surface area contributed by atoms with E-state index in [1.54, 1.807) is 11.3 Å². The molecule has 0 radical (unpaired) electrons. The summed E-state index contributed by atoms with van der Waals surface area (Å²) in [6.45, 7) is 2.94. The van der Waals surface area contributed by atoms with Crippen LogP contribution in [0.15, 0.2) is 11.4 Å². The molecule has 1 aliphatic heterocycles. The van der Waals surface area contributed by atoms with Gasteiger partial charge in [0.05, 0.1) is 5.02 Å². The van der Waals surface area contributed by atoms with E-state index in [1.165, 1.54) is 11.3 Å². The number of aryl methyl sites for hydroxylation is 1. The van der Waals surface area contributed by atoms with E-state index < -0.39 is 0 Å². The van der Waals surface area contributed by atoms with Crippen molar-refractivity contribution >= 4 is 28.8 Å². The van der Waals surface area contributed by atoms with E-state index >= 15 is 0 Å². The Hall–Kier alpha value is -0.580. The van der Waals surface area contributed by atoms with Gasteiger partial charge < -0.3 is 10.2 Å². The summed E-state index contributed by atoms with van der Waals surface area (Å²) in [5, 5.41) is 5.90. The summed E-state index contributed by atoms with van der Waals surface area (Å²) < 4.78 is 0. The fourth-order valence-corrected chi connectivity index (χ4v) is 3.77. The van der Waals surface area contributed by atoms with Crippen LogP contribution in [0.3, 0.4) is 0 Å². The van der Waals surface area contributed by atoms with Gasteiger partial charge >= 0.3 is 0 Å². The lowest BCUT2D eigenvalue weighted by Crippen LogP contribution is -2.39. The number of likely N-dealkylation sites (tertiary alicyclic amines) is 1. The topological polar surface area (TPSA) is 32.3 Å². The number of amides is 1. The molecule has 1 aromatic rings. The molecular weight excluding hydrogens is 292 g/mol. The molecule has 2 rings (SSSR count). The van der Waals surface area contributed by atoms with Crippen molar-refractivity contribution in [2.75, 3.05) is 26.7 Å². The van der Waals surface area contributed by atoms with Gasteiger partial charge in [-0.05, 0) is 51.3 Å². The Labute approximate surface area is 130 Å². The number of halogens is 1. The number of hydrogen-bond acceptors (Lipinski definition) is 3. The number of piperidine rings is 1. The third-order valence-corrected chi connectivity index (χ3v) is 5.32. The van der Waals surface area contributed by atoms with Crippen LogP contribution in [0.25, 0.3) is 0 Å². The van der Waals surface area contributed by atoms with Gasteiger partial charge in [-0.1, -0.05) is 11.6 Å². The van der Waals surface area contributed by atoms with E-state index in [0.29, 0.717) is 12.3 Å². The van der Waals surface area contributed by atoms with E-state index in [9.17, 15) is 4.79 Å². The molecule has 0 saturated carbocycles. The first-order valence-corrected chi connectivity index (χ1v) is 8.60. The molecule has 1 N–H and O–H groups in total. The first-order chi connectivity index (χ1) is 9.69. The van der Waals surface area contributed by atoms with Crippen LogP contribution in [-0.2, 0) is 11.2 Å². The largest absolute Gasteiger partial charge is 0.343 e. The number of carbonyl (C=O) groups excluding carboxylic acids is 1. The SMILES string of the molecule is CNCCC1CCN(C(=O)CCc2cc(Cl)cs2)CC1. The Morgan fingerprint density at radius 2 is 2.25 bits per heavy atom. The van der Waals surface area contributed by atoms with E-state index in [0.717, 1.165) is 49.8 Å². The molecule has 0 unspecified atom stereocenters. The first-order valence-electron chi connectivity index (χ1n) is 7.34. The van der Waals surface area contributed by atoms with E-state index in [-0.39, 0.29) is 0 Å². The quantitative estimate of drug-likeness (QED) is 0.874. The molecule has 0 aliphatic carbocycles. The van der Waals surface area contributed by atoms with Crippen molar-refractivity contribution in [3.63, 3.8) is 0 Å². The zero-order valence-corrected chi connectivity index (χ0v) is 13.6. The molecule has 5 heteroatoms. The molecule has 0 atom stereocenters. The van der Waals surface area contributed by atoms with Gasteiger partial charge in [0.15, 0.2) is 0 Å². The van der Waals surface area contributed by atoms with Crippen LogP contribution in [-0.4, -0.2) is 37.5 Å². The van der Waals surface area contributed by atoms with Crippen molar-refractivity contribution in [1.29, 1.82) is 0 Å². The second kappa shape index (κ2) is 8.01. The highest BCUT2D eigenvalue weighted by Crippen LogP contribution is 2.23. The standard InChI is InChI=1S/C15H23ClN2OS/c1-17-7-4-12-5-8-18(9-6-12)15(19)3-2-14-10-13(16)11-20-14/h10-12,17H,2-9H2,1H3. The van der Waals surface area contributed by atoms with Crippen molar-refractivity contribution in [1.82, 2.24) is 10.2 Å². The minimum atomic E-state index is 0.293. The fourth-order valence-electron chi connectivity index (χ4n) is 2.69. The second-order valence-electron chi connectivity index (χ2n) is 5.45. The highest BCUT2D eigenvalue weighted by molar-refractivity contribution is 7.10. The fraction of sp³-hybridized carbons (Fsp3) is 0.667. The summed E-state index contributed by atoms with van der Waals surface area (Å²) >= 11 is 7.53. The molecule has 1 amide bonds. The summed E-state index contributed by atoms with van der Waals surface area (Å²) in [6.07, 6.45) is 4.96. The number of rotatable bonds is 6. The van der Waals surface area contributed by atoms with E-state index in [1.807, 2.05) is 23.4 Å². The minimum Gasteiger partial charge on any atom is -0.343 e. The summed E-state index contributed by atoms with van der Waals surface area (Å²) in [5.74, 6) is 1.07. The van der Waals surface area contributed by atoms with Crippen LogP contribution in [0.2, 0.25) is 5.02 Å². The Kier molecular flexibility index (Phi) is 6.33. The molecule has 0 aromatic carbocycles. The monoisotopic (exact) mass is 314 g/mol. The zero-order chi connectivity index (χ0) is 14.4. The van der Waals surface area contributed by atoms with Crippen LogP contribution in [0.1, 0.15) is 30.6 Å². The molecule has 0 bridgehead atoms. The lowest BCUT2D eigenvalue weighted by atomic mass is 9.93. The van der Waals surface area contributed by atoms with Crippen LogP contribution in [0.5, 0.6) is 0 Å². The van der Waals surface area contributed by atoms with Gasteiger partial charge in [0.25, 0.3) is 0 Å². The van der Waals surface area contributed by atoms with Crippen LogP contribution >= 0.6 is 22.9 Å². The zero-order valence-electron chi connectivity index (χ0n) is 12.0. The number of thiophene rings is 1. The minimum absolute atomic E-state index is 0.293. The van der Waals surface area contributed by atoms with Gasteiger partial charge in [-0.25, -0.2) is 0 Å². The van der Waals surface area contributed by atoms with Crippen LogP contribution < -0.4 is 5.32 Å². The van der Waals surface area contributed by atoms with Crippen molar-refractivity contribution in [2.45, 2.75) is 32.1 Å². The predicted octanol–water partition coefficient (Wildman–Crippen LogP) is 3.18. The van der Waals surface area contributed by atoms with Gasteiger partial charge in [-0.2, -0.15) is 0 Å². The first kappa shape index (κ1) is 15.8. The summed E-state index contributed by atoms with van der Waals surface area (Å²) in [6, 6.07) is 1.96. The average Bonchev–Trinajstić information content (AvgIpc) is 2.89. The highest BCUT2D eigenvalue weighted by Gasteiger charge is 2.22. The third kappa shape index (κ3) is 4.76. The van der Waals surface area contributed by atoms with Crippen LogP contribution in [0, 0.1) is 5.92 Å². The lowest BCUT2D eigenvalue weighted by Gasteiger charge is -2.32. The number of carbonyl (C=O) groups is 1. The lowest BCUT2D eigenvalue weighted by molar-refractivity contribution is -0.132. The van der Waals surface area contributed by atoms with Crippen LogP contribution in [0.4, 0.5) is 0 Å². The Balaban J connectivity index is 1.69. The predicted molar refractivity (Wildman–Crippen MR) is 85.5 cm³/mol. The molecule has 1 aliphatic rings. The summed E-state index contributed by atoms with van der Waals surface area (Å²) in [7, 11) is 2.00. The Morgan fingerprint density at radius 3 is 2.85 bits per heavy atom. The maximum Gasteiger partial charge on any atom is 0.222 e. The second-order valence-corrected chi connectivity index (χ2v) is 6.88. The highest BCUT2D eigenvalue weighted by atomic mass is 35.5. The van der Waals surface area contributed by atoms with E-state index in [4.69, 9.17) is 11.6 Å².